The molecule has 2 N–H and O–H groups in total. The van der Waals surface area contributed by atoms with Crippen LogP contribution in [-0.4, -0.2) is 44.3 Å². The molecule has 0 spiro atoms. The van der Waals surface area contributed by atoms with E-state index in [4.69, 9.17) is 10.5 Å². The van der Waals surface area contributed by atoms with Gasteiger partial charge < -0.3 is 15.4 Å². The Kier molecular flexibility index (Phi) is 5.58. The van der Waals surface area contributed by atoms with Crippen LogP contribution >= 0.6 is 0 Å². The molecule has 90 valence electrons. The second kappa shape index (κ2) is 6.46. The van der Waals surface area contributed by atoms with Gasteiger partial charge in [0.05, 0.1) is 6.61 Å². The molecule has 0 aliphatic heterocycles. The molecule has 1 rings (SSSR count). The number of nitrogens with zero attached hydrogens (tertiary/aromatic N) is 1. The summed E-state index contributed by atoms with van der Waals surface area (Å²) >= 11 is 0. The average Bonchev–Trinajstić information content (AvgIpc) is 2.95. The van der Waals surface area contributed by atoms with Gasteiger partial charge in [0.2, 0.25) is 0 Å². The average molecular weight is 214 g/mol. The van der Waals surface area contributed by atoms with E-state index in [-0.39, 0.29) is 6.04 Å². The zero-order valence-corrected chi connectivity index (χ0v) is 10.4. The van der Waals surface area contributed by atoms with Gasteiger partial charge in [-0.05, 0) is 31.7 Å². The van der Waals surface area contributed by atoms with Crippen LogP contribution in [0.3, 0.4) is 0 Å². The summed E-state index contributed by atoms with van der Waals surface area (Å²) in [5.74, 6) is 1.42. The van der Waals surface area contributed by atoms with Crippen molar-refractivity contribution in [3.63, 3.8) is 0 Å². The highest BCUT2D eigenvalue weighted by atomic mass is 16.5. The smallest absolute Gasteiger partial charge is 0.0593 e. The van der Waals surface area contributed by atoms with Crippen LogP contribution in [-0.2, 0) is 4.74 Å². The SMILES string of the molecule is CC(C)C(N)CN(C)CCOCC1CC1. The third-order valence-electron chi connectivity index (χ3n) is 3.05. The maximum Gasteiger partial charge on any atom is 0.0593 e. The highest BCUT2D eigenvalue weighted by molar-refractivity contribution is 4.72. The van der Waals surface area contributed by atoms with E-state index in [0.717, 1.165) is 32.2 Å². The summed E-state index contributed by atoms with van der Waals surface area (Å²) in [6.07, 6.45) is 2.74. The van der Waals surface area contributed by atoms with Gasteiger partial charge in [0.25, 0.3) is 0 Å². The van der Waals surface area contributed by atoms with Gasteiger partial charge in [-0.1, -0.05) is 13.8 Å². The van der Waals surface area contributed by atoms with E-state index in [1.54, 1.807) is 0 Å². The van der Waals surface area contributed by atoms with Crippen LogP contribution in [0.15, 0.2) is 0 Å². The van der Waals surface area contributed by atoms with Gasteiger partial charge in [-0.15, -0.1) is 0 Å². The highest BCUT2D eigenvalue weighted by Crippen LogP contribution is 2.28. The van der Waals surface area contributed by atoms with Crippen LogP contribution < -0.4 is 5.73 Å². The molecule has 0 bridgehead atoms. The fourth-order valence-corrected chi connectivity index (χ4v) is 1.42. The van der Waals surface area contributed by atoms with Gasteiger partial charge in [0, 0.05) is 25.7 Å². The number of hydrogen-bond acceptors (Lipinski definition) is 3. The van der Waals surface area contributed by atoms with Gasteiger partial charge in [-0.3, -0.25) is 0 Å². The van der Waals surface area contributed by atoms with Crippen molar-refractivity contribution in [3.05, 3.63) is 0 Å². The van der Waals surface area contributed by atoms with E-state index in [1.807, 2.05) is 0 Å². The molecule has 0 aromatic heterocycles. The fourth-order valence-electron chi connectivity index (χ4n) is 1.42. The molecule has 0 radical (unpaired) electrons. The van der Waals surface area contributed by atoms with Crippen molar-refractivity contribution in [3.8, 4) is 0 Å². The van der Waals surface area contributed by atoms with Crippen molar-refractivity contribution in [1.82, 2.24) is 4.90 Å². The maximum atomic E-state index is 6.00. The zero-order chi connectivity index (χ0) is 11.3. The quantitative estimate of drug-likeness (QED) is 0.620. The second-order valence-corrected chi connectivity index (χ2v) is 5.19. The summed E-state index contributed by atoms with van der Waals surface area (Å²) < 4.78 is 5.59. The molecule has 0 amide bonds. The summed E-state index contributed by atoms with van der Waals surface area (Å²) in [5.41, 5.74) is 6.00. The summed E-state index contributed by atoms with van der Waals surface area (Å²) in [6.45, 7) is 8.10. The van der Waals surface area contributed by atoms with Crippen molar-refractivity contribution in [1.29, 1.82) is 0 Å². The number of nitrogens with two attached hydrogens (primary N) is 1. The van der Waals surface area contributed by atoms with Crippen LogP contribution in [0.2, 0.25) is 0 Å². The summed E-state index contributed by atoms with van der Waals surface area (Å²) in [6, 6.07) is 0.276. The molecule has 3 heteroatoms. The Balaban J connectivity index is 1.94. The minimum atomic E-state index is 0.276. The van der Waals surface area contributed by atoms with Gasteiger partial charge >= 0.3 is 0 Å². The Morgan fingerprint density at radius 2 is 2.07 bits per heavy atom. The van der Waals surface area contributed by atoms with Crippen LogP contribution in [0.5, 0.6) is 0 Å². The molecule has 1 fully saturated rings. The summed E-state index contributed by atoms with van der Waals surface area (Å²) in [7, 11) is 2.11. The van der Waals surface area contributed by atoms with Crippen molar-refractivity contribution in [2.45, 2.75) is 32.7 Å². The molecule has 1 saturated carbocycles. The van der Waals surface area contributed by atoms with E-state index < -0.39 is 0 Å². The molecule has 1 unspecified atom stereocenters. The lowest BCUT2D eigenvalue weighted by atomic mass is 10.1. The first-order valence-electron chi connectivity index (χ1n) is 6.11. The van der Waals surface area contributed by atoms with Crippen molar-refractivity contribution >= 4 is 0 Å². The number of ether oxygens (including phenoxy) is 1. The first kappa shape index (κ1) is 12.9. The highest BCUT2D eigenvalue weighted by Gasteiger charge is 2.21. The van der Waals surface area contributed by atoms with Gasteiger partial charge in [-0.25, -0.2) is 0 Å². The lowest BCUT2D eigenvalue weighted by Gasteiger charge is -2.23. The van der Waals surface area contributed by atoms with E-state index in [9.17, 15) is 0 Å². The largest absolute Gasteiger partial charge is 0.380 e. The first-order valence-corrected chi connectivity index (χ1v) is 6.11. The molecule has 1 aliphatic carbocycles. The van der Waals surface area contributed by atoms with Crippen LogP contribution in [0.25, 0.3) is 0 Å². The van der Waals surface area contributed by atoms with Crippen molar-refractivity contribution < 1.29 is 4.74 Å². The van der Waals surface area contributed by atoms with Gasteiger partial charge in [-0.2, -0.15) is 0 Å². The van der Waals surface area contributed by atoms with Gasteiger partial charge in [0.1, 0.15) is 0 Å². The van der Waals surface area contributed by atoms with E-state index in [1.165, 1.54) is 12.8 Å². The minimum Gasteiger partial charge on any atom is -0.380 e. The zero-order valence-electron chi connectivity index (χ0n) is 10.4. The standard InChI is InChI=1S/C12H26N2O/c1-10(2)12(13)8-14(3)6-7-15-9-11-4-5-11/h10-12H,4-9,13H2,1-3H3. The Hall–Kier alpha value is -0.120. The molecule has 0 aromatic carbocycles. The van der Waals surface area contributed by atoms with Crippen LogP contribution in [0.1, 0.15) is 26.7 Å². The normalized spacial score (nSPS) is 18.8. The lowest BCUT2D eigenvalue weighted by Crippen LogP contribution is -2.40. The summed E-state index contributed by atoms with van der Waals surface area (Å²) in [4.78, 5) is 2.26. The Bertz CT molecular complexity index is 169. The van der Waals surface area contributed by atoms with Crippen LogP contribution in [0.4, 0.5) is 0 Å². The molecule has 0 saturated heterocycles. The number of hydrogen-bond donors (Lipinski definition) is 1. The summed E-state index contributed by atoms with van der Waals surface area (Å²) in [5, 5.41) is 0. The molecular weight excluding hydrogens is 188 g/mol. The Morgan fingerprint density at radius 3 is 2.60 bits per heavy atom. The second-order valence-electron chi connectivity index (χ2n) is 5.19. The Morgan fingerprint density at radius 1 is 1.40 bits per heavy atom. The number of likely N-dealkylation sites (N-methyl/N-ethyl adjacent to an activating group) is 1. The van der Waals surface area contributed by atoms with E-state index in [0.29, 0.717) is 5.92 Å². The third kappa shape index (κ3) is 6.13. The van der Waals surface area contributed by atoms with Crippen molar-refractivity contribution in [2.24, 2.45) is 17.6 Å². The lowest BCUT2D eigenvalue weighted by molar-refractivity contribution is 0.101. The topological polar surface area (TPSA) is 38.5 Å². The molecule has 3 nitrogen and oxygen atoms in total. The monoisotopic (exact) mass is 214 g/mol. The first-order chi connectivity index (χ1) is 7.09. The molecule has 15 heavy (non-hydrogen) atoms. The van der Waals surface area contributed by atoms with Gasteiger partial charge in [0.15, 0.2) is 0 Å². The Labute approximate surface area is 94.0 Å². The fraction of sp³-hybridized carbons (Fsp3) is 1.00. The van der Waals surface area contributed by atoms with Crippen molar-refractivity contribution in [2.75, 3.05) is 33.4 Å². The van der Waals surface area contributed by atoms with E-state index >= 15 is 0 Å². The molecule has 0 heterocycles. The molecule has 0 aromatic rings. The third-order valence-corrected chi connectivity index (χ3v) is 3.05. The predicted octanol–water partition coefficient (Wildman–Crippen LogP) is 1.33. The molecular formula is C12H26N2O. The maximum absolute atomic E-state index is 6.00. The molecule has 1 aliphatic rings. The van der Waals surface area contributed by atoms with Crippen LogP contribution in [0, 0.1) is 11.8 Å². The predicted molar refractivity (Wildman–Crippen MR) is 63.9 cm³/mol. The number of rotatable bonds is 8. The minimum absolute atomic E-state index is 0.276. The molecule has 1 atom stereocenters. The van der Waals surface area contributed by atoms with E-state index in [2.05, 4.69) is 25.8 Å².